The summed E-state index contributed by atoms with van der Waals surface area (Å²) in [5.74, 6) is -1.79. The van der Waals surface area contributed by atoms with Gasteiger partial charge in [0, 0.05) is 12.6 Å². The fourth-order valence-electron chi connectivity index (χ4n) is 2.67. The molecular weight excluding hydrogens is 354 g/mol. The second kappa shape index (κ2) is 6.82. The maximum atomic E-state index is 12.6. The number of carbonyl (C=O) groups is 3. The molecule has 1 aromatic heterocycles. The number of methoxy groups -OCH3 is 1. The summed E-state index contributed by atoms with van der Waals surface area (Å²) >= 11 is 1.10. The van der Waals surface area contributed by atoms with Gasteiger partial charge in [0.2, 0.25) is 0 Å². The van der Waals surface area contributed by atoms with Crippen LogP contribution in [0.3, 0.4) is 0 Å². The first-order valence-electron chi connectivity index (χ1n) is 7.48. The minimum atomic E-state index is -0.760. The Balaban J connectivity index is 2.03. The van der Waals surface area contributed by atoms with E-state index in [1.807, 2.05) is 6.07 Å². The molecule has 0 unspecified atom stereocenters. The van der Waals surface area contributed by atoms with E-state index in [4.69, 9.17) is 0 Å². The third-order valence-electron chi connectivity index (χ3n) is 3.93. The Bertz CT molecular complexity index is 1000. The molecule has 0 saturated carbocycles. The number of amides is 2. The molecule has 0 fully saturated rings. The smallest absolute Gasteiger partial charge is 0.350 e. The molecule has 1 aliphatic rings. The van der Waals surface area contributed by atoms with Gasteiger partial charge in [-0.05, 0) is 17.5 Å². The SMILES string of the molecule is COC(=O)c1sccc1NC(=O)C(C#N)=C1C(=O)N(C)c2ccccc21. The molecule has 7 nitrogen and oxygen atoms in total. The van der Waals surface area contributed by atoms with E-state index in [-0.39, 0.29) is 21.7 Å². The molecule has 0 radical (unpaired) electrons. The maximum absolute atomic E-state index is 12.6. The number of hydrogen-bond acceptors (Lipinski definition) is 6. The second-order valence-corrected chi connectivity index (χ2v) is 6.27. The van der Waals surface area contributed by atoms with E-state index in [0.29, 0.717) is 11.3 Å². The molecule has 2 amide bonds. The Morgan fingerprint density at radius 1 is 1.27 bits per heavy atom. The first kappa shape index (κ1) is 17.4. The van der Waals surface area contributed by atoms with Crippen molar-refractivity contribution >= 4 is 46.1 Å². The van der Waals surface area contributed by atoms with Gasteiger partial charge in [-0.2, -0.15) is 5.26 Å². The van der Waals surface area contributed by atoms with E-state index in [1.165, 1.54) is 18.1 Å². The van der Waals surface area contributed by atoms with Gasteiger partial charge in [-0.25, -0.2) is 4.79 Å². The molecule has 0 saturated heterocycles. The molecule has 26 heavy (non-hydrogen) atoms. The van der Waals surface area contributed by atoms with Crippen LogP contribution in [0.15, 0.2) is 41.3 Å². The zero-order valence-corrected chi connectivity index (χ0v) is 14.7. The van der Waals surface area contributed by atoms with Crippen LogP contribution in [0.1, 0.15) is 15.2 Å². The average molecular weight is 367 g/mol. The van der Waals surface area contributed by atoms with E-state index in [1.54, 1.807) is 36.7 Å². The number of benzene rings is 1. The Morgan fingerprint density at radius 2 is 2.00 bits per heavy atom. The zero-order valence-electron chi connectivity index (χ0n) is 13.9. The normalized spacial score (nSPS) is 14.5. The Labute approximate surface area is 153 Å². The number of hydrogen-bond donors (Lipinski definition) is 1. The van der Waals surface area contributed by atoms with Gasteiger partial charge in [-0.3, -0.25) is 9.59 Å². The van der Waals surface area contributed by atoms with Crippen molar-refractivity contribution in [1.82, 2.24) is 0 Å². The number of anilines is 2. The molecule has 2 aromatic rings. The number of nitriles is 1. The predicted octanol–water partition coefficient (Wildman–Crippen LogP) is 2.43. The molecule has 3 rings (SSSR count). The van der Waals surface area contributed by atoms with Crippen molar-refractivity contribution in [2.45, 2.75) is 0 Å². The first-order valence-corrected chi connectivity index (χ1v) is 8.36. The molecule has 1 N–H and O–H groups in total. The molecular formula is C18H13N3O4S. The van der Waals surface area contributed by atoms with Gasteiger partial charge in [0.25, 0.3) is 11.8 Å². The summed E-state index contributed by atoms with van der Waals surface area (Å²) in [6.45, 7) is 0. The highest BCUT2D eigenvalue weighted by Gasteiger charge is 2.34. The van der Waals surface area contributed by atoms with Crippen LogP contribution in [0.4, 0.5) is 11.4 Å². The molecule has 1 aliphatic heterocycles. The zero-order chi connectivity index (χ0) is 18.8. The van der Waals surface area contributed by atoms with E-state index in [0.717, 1.165) is 11.3 Å². The van der Waals surface area contributed by atoms with Crippen molar-refractivity contribution in [2.24, 2.45) is 0 Å². The van der Waals surface area contributed by atoms with Crippen molar-refractivity contribution in [3.05, 3.63) is 51.7 Å². The van der Waals surface area contributed by atoms with Crippen LogP contribution in [0.5, 0.6) is 0 Å². The lowest BCUT2D eigenvalue weighted by Crippen LogP contribution is -2.23. The van der Waals surface area contributed by atoms with E-state index < -0.39 is 17.8 Å². The van der Waals surface area contributed by atoms with Gasteiger partial charge in [0.1, 0.15) is 16.5 Å². The molecule has 130 valence electrons. The van der Waals surface area contributed by atoms with Crippen molar-refractivity contribution in [1.29, 1.82) is 5.26 Å². The van der Waals surface area contributed by atoms with Crippen molar-refractivity contribution in [3.8, 4) is 6.07 Å². The van der Waals surface area contributed by atoms with E-state index >= 15 is 0 Å². The first-order chi connectivity index (χ1) is 12.5. The lowest BCUT2D eigenvalue weighted by Gasteiger charge is -2.08. The fourth-order valence-corrected chi connectivity index (χ4v) is 3.44. The van der Waals surface area contributed by atoms with Crippen LogP contribution in [0, 0.1) is 11.3 Å². The van der Waals surface area contributed by atoms with Gasteiger partial charge in [0.15, 0.2) is 0 Å². The number of ether oxygens (including phenoxy) is 1. The lowest BCUT2D eigenvalue weighted by molar-refractivity contribution is -0.114. The average Bonchev–Trinajstić information content (AvgIpc) is 3.20. The molecule has 0 bridgehead atoms. The summed E-state index contributed by atoms with van der Waals surface area (Å²) in [7, 11) is 2.82. The number of rotatable bonds is 3. The summed E-state index contributed by atoms with van der Waals surface area (Å²) in [6, 6.07) is 10.3. The lowest BCUT2D eigenvalue weighted by atomic mass is 10.0. The van der Waals surface area contributed by atoms with Crippen molar-refractivity contribution in [3.63, 3.8) is 0 Å². The Morgan fingerprint density at radius 3 is 2.69 bits per heavy atom. The molecule has 1 aromatic carbocycles. The summed E-state index contributed by atoms with van der Waals surface area (Å²) < 4.78 is 4.66. The minimum Gasteiger partial charge on any atom is -0.465 e. The summed E-state index contributed by atoms with van der Waals surface area (Å²) in [5.41, 5.74) is 1.10. The number of likely N-dealkylation sites (N-methyl/N-ethyl adjacent to an activating group) is 1. The van der Waals surface area contributed by atoms with E-state index in [2.05, 4.69) is 10.1 Å². The van der Waals surface area contributed by atoms with Crippen LogP contribution >= 0.6 is 11.3 Å². The van der Waals surface area contributed by atoms with E-state index in [9.17, 15) is 19.6 Å². The Kier molecular flexibility index (Phi) is 4.56. The number of fused-ring (bicyclic) bond motifs is 1. The molecule has 0 atom stereocenters. The third-order valence-corrected chi connectivity index (χ3v) is 4.82. The monoisotopic (exact) mass is 367 g/mol. The quantitative estimate of drug-likeness (QED) is 0.510. The second-order valence-electron chi connectivity index (χ2n) is 5.35. The standard InChI is InChI=1S/C18H13N3O4S/c1-21-13-6-4-3-5-10(13)14(17(21)23)11(9-19)16(22)20-12-7-8-26-15(12)18(24)25-2/h3-8H,1-2H3,(H,20,22). The minimum absolute atomic E-state index is 0.0398. The van der Waals surface area contributed by atoms with Crippen LogP contribution < -0.4 is 10.2 Å². The van der Waals surface area contributed by atoms with Crippen molar-refractivity contribution < 1.29 is 19.1 Å². The van der Waals surface area contributed by atoms with Gasteiger partial charge < -0.3 is 15.0 Å². The van der Waals surface area contributed by atoms with Crippen LogP contribution in [-0.2, 0) is 14.3 Å². The third kappa shape index (κ3) is 2.74. The number of para-hydroxylation sites is 1. The van der Waals surface area contributed by atoms with Crippen molar-refractivity contribution in [2.75, 3.05) is 24.4 Å². The van der Waals surface area contributed by atoms with Crippen LogP contribution in [0.25, 0.3) is 5.57 Å². The molecule has 0 spiro atoms. The summed E-state index contributed by atoms with van der Waals surface area (Å²) in [5, 5.41) is 13.6. The largest absolute Gasteiger partial charge is 0.465 e. The summed E-state index contributed by atoms with van der Waals surface area (Å²) in [6.07, 6.45) is 0. The maximum Gasteiger partial charge on any atom is 0.350 e. The number of nitrogens with zero attached hydrogens (tertiary/aromatic N) is 2. The number of thiophene rings is 1. The molecule has 8 heteroatoms. The summed E-state index contributed by atoms with van der Waals surface area (Å²) in [4.78, 5) is 38.5. The Hall–Kier alpha value is -3.44. The van der Waals surface area contributed by atoms with Gasteiger partial charge in [0.05, 0.1) is 24.1 Å². The highest BCUT2D eigenvalue weighted by molar-refractivity contribution is 7.12. The number of nitrogens with one attached hydrogen (secondary N) is 1. The van der Waals surface area contributed by atoms with Crippen LogP contribution in [0.2, 0.25) is 0 Å². The number of esters is 1. The topological polar surface area (TPSA) is 99.5 Å². The van der Waals surface area contributed by atoms with Gasteiger partial charge >= 0.3 is 5.97 Å². The van der Waals surface area contributed by atoms with Gasteiger partial charge in [-0.15, -0.1) is 11.3 Å². The molecule has 0 aliphatic carbocycles. The highest BCUT2D eigenvalue weighted by Crippen LogP contribution is 2.37. The van der Waals surface area contributed by atoms with Gasteiger partial charge in [-0.1, -0.05) is 18.2 Å². The fraction of sp³-hybridized carbons (Fsp3) is 0.111. The number of carbonyl (C=O) groups excluding carboxylic acids is 3. The molecule has 2 heterocycles. The predicted molar refractivity (Wildman–Crippen MR) is 96.7 cm³/mol. The highest BCUT2D eigenvalue weighted by atomic mass is 32.1. The van der Waals surface area contributed by atoms with Crippen LogP contribution in [-0.4, -0.2) is 31.9 Å².